The number of ether oxygens (including phenoxy) is 2. The highest BCUT2D eigenvalue weighted by molar-refractivity contribution is 6.05. The minimum absolute atomic E-state index is 0.0286. The number of hydrogen-bond donors (Lipinski definition) is 0. The van der Waals surface area contributed by atoms with Crippen LogP contribution >= 0.6 is 0 Å². The van der Waals surface area contributed by atoms with Crippen molar-refractivity contribution in [3.63, 3.8) is 0 Å². The maximum absolute atomic E-state index is 12.0. The molecule has 1 fully saturated rings. The Bertz CT molecular complexity index is 377. The molecular formula is C16H26O5. The first kappa shape index (κ1) is 17.7. The summed E-state index contributed by atoms with van der Waals surface area (Å²) in [5.41, 5.74) is -0.893. The highest BCUT2D eigenvalue weighted by Gasteiger charge is 2.48. The van der Waals surface area contributed by atoms with Crippen molar-refractivity contribution in [1.82, 2.24) is 0 Å². The molecule has 5 heteroatoms. The Labute approximate surface area is 126 Å². The molecule has 1 rings (SSSR count). The van der Waals surface area contributed by atoms with Crippen LogP contribution in [0.3, 0.4) is 0 Å². The third-order valence-electron chi connectivity index (χ3n) is 4.16. The molecule has 0 aromatic rings. The second-order valence-electron chi connectivity index (χ2n) is 5.57. The number of rotatable bonds is 9. The summed E-state index contributed by atoms with van der Waals surface area (Å²) in [6, 6.07) is 0. The molecule has 0 amide bonds. The molecule has 1 saturated carbocycles. The maximum Gasteiger partial charge on any atom is 0.319 e. The van der Waals surface area contributed by atoms with E-state index < -0.39 is 5.41 Å². The zero-order valence-electron chi connectivity index (χ0n) is 13.1. The van der Waals surface area contributed by atoms with E-state index in [9.17, 15) is 14.4 Å². The van der Waals surface area contributed by atoms with E-state index in [1.165, 1.54) is 7.11 Å². The van der Waals surface area contributed by atoms with Gasteiger partial charge in [0.2, 0.25) is 0 Å². The van der Waals surface area contributed by atoms with Gasteiger partial charge in [0, 0.05) is 12.8 Å². The molecule has 0 aromatic heterocycles. The van der Waals surface area contributed by atoms with Crippen LogP contribution in [-0.4, -0.2) is 31.4 Å². The number of Topliss-reactive ketones (excluding diaryl/α,β-unsaturated/α-hetero) is 1. The van der Waals surface area contributed by atoms with Crippen LogP contribution in [0.15, 0.2) is 0 Å². The quantitative estimate of drug-likeness (QED) is 0.372. The van der Waals surface area contributed by atoms with E-state index in [1.807, 2.05) is 0 Å². The van der Waals surface area contributed by atoms with Crippen LogP contribution in [-0.2, 0) is 23.9 Å². The van der Waals surface area contributed by atoms with Crippen molar-refractivity contribution in [3.8, 4) is 0 Å². The Morgan fingerprint density at radius 2 is 1.90 bits per heavy atom. The van der Waals surface area contributed by atoms with E-state index in [1.54, 1.807) is 6.92 Å². The number of carbonyl (C=O) groups excluding carboxylic acids is 3. The fourth-order valence-corrected chi connectivity index (χ4v) is 2.99. The number of esters is 2. The molecule has 5 nitrogen and oxygen atoms in total. The summed E-state index contributed by atoms with van der Waals surface area (Å²) in [6.07, 6.45) is 6.29. The second kappa shape index (κ2) is 8.80. The predicted octanol–water partition coefficient (Wildman–Crippen LogP) is 2.80. The summed E-state index contributed by atoms with van der Waals surface area (Å²) in [4.78, 5) is 35.1. The van der Waals surface area contributed by atoms with Gasteiger partial charge in [-0.05, 0) is 32.6 Å². The minimum Gasteiger partial charge on any atom is -0.468 e. The normalized spacial score (nSPS) is 21.3. The van der Waals surface area contributed by atoms with Crippen molar-refractivity contribution in [3.05, 3.63) is 0 Å². The van der Waals surface area contributed by atoms with Crippen molar-refractivity contribution >= 4 is 17.7 Å². The molecule has 0 aliphatic heterocycles. The summed E-state index contributed by atoms with van der Waals surface area (Å²) >= 11 is 0. The standard InChI is InChI=1S/C16H26O5/c1-3-21-14(18)10-6-4-5-7-11-16(15(19)20-2)12-8-9-13(16)17/h3-12H2,1-2H3. The summed E-state index contributed by atoms with van der Waals surface area (Å²) < 4.78 is 9.68. The summed E-state index contributed by atoms with van der Waals surface area (Å²) in [5.74, 6) is -0.508. The van der Waals surface area contributed by atoms with Gasteiger partial charge in [0.25, 0.3) is 0 Å². The number of carbonyl (C=O) groups is 3. The summed E-state index contributed by atoms with van der Waals surface area (Å²) in [7, 11) is 1.34. The molecule has 1 atom stereocenters. The largest absolute Gasteiger partial charge is 0.468 e. The molecule has 0 saturated heterocycles. The molecular weight excluding hydrogens is 272 g/mol. The molecule has 1 aliphatic carbocycles. The topological polar surface area (TPSA) is 69.7 Å². The lowest BCUT2D eigenvalue weighted by atomic mass is 9.80. The van der Waals surface area contributed by atoms with Crippen molar-refractivity contribution in [1.29, 1.82) is 0 Å². The number of methoxy groups -OCH3 is 1. The van der Waals surface area contributed by atoms with Crippen LogP contribution in [0.4, 0.5) is 0 Å². The molecule has 0 N–H and O–H groups in total. The Morgan fingerprint density at radius 1 is 1.19 bits per heavy atom. The fourth-order valence-electron chi connectivity index (χ4n) is 2.99. The van der Waals surface area contributed by atoms with Crippen molar-refractivity contribution in [2.75, 3.05) is 13.7 Å². The fraction of sp³-hybridized carbons (Fsp3) is 0.812. The van der Waals surface area contributed by atoms with Crippen LogP contribution in [0.2, 0.25) is 0 Å². The molecule has 0 spiro atoms. The molecule has 0 heterocycles. The van der Waals surface area contributed by atoms with Gasteiger partial charge in [0.05, 0.1) is 13.7 Å². The minimum atomic E-state index is -0.893. The van der Waals surface area contributed by atoms with E-state index in [4.69, 9.17) is 9.47 Å². The van der Waals surface area contributed by atoms with E-state index in [-0.39, 0.29) is 17.7 Å². The third kappa shape index (κ3) is 4.83. The SMILES string of the molecule is CCOC(=O)CCCCCCC1(C(=O)OC)CCCC1=O. The lowest BCUT2D eigenvalue weighted by Gasteiger charge is -2.24. The molecule has 21 heavy (non-hydrogen) atoms. The number of unbranched alkanes of at least 4 members (excludes halogenated alkanes) is 3. The van der Waals surface area contributed by atoms with Gasteiger partial charge in [-0.25, -0.2) is 0 Å². The van der Waals surface area contributed by atoms with Crippen molar-refractivity contribution in [2.24, 2.45) is 5.41 Å². The first-order valence-electron chi connectivity index (χ1n) is 7.84. The lowest BCUT2D eigenvalue weighted by molar-refractivity contribution is -0.157. The highest BCUT2D eigenvalue weighted by Crippen LogP contribution is 2.40. The van der Waals surface area contributed by atoms with Gasteiger partial charge in [0.1, 0.15) is 11.2 Å². The van der Waals surface area contributed by atoms with Gasteiger partial charge < -0.3 is 9.47 Å². The first-order valence-corrected chi connectivity index (χ1v) is 7.84. The van der Waals surface area contributed by atoms with E-state index >= 15 is 0 Å². The maximum atomic E-state index is 12.0. The second-order valence-corrected chi connectivity index (χ2v) is 5.57. The monoisotopic (exact) mass is 298 g/mol. The van der Waals surface area contributed by atoms with Crippen LogP contribution < -0.4 is 0 Å². The van der Waals surface area contributed by atoms with Crippen LogP contribution in [0.25, 0.3) is 0 Å². The highest BCUT2D eigenvalue weighted by atomic mass is 16.5. The van der Waals surface area contributed by atoms with Gasteiger partial charge in [-0.15, -0.1) is 0 Å². The van der Waals surface area contributed by atoms with Crippen LogP contribution in [0, 0.1) is 5.41 Å². The predicted molar refractivity (Wildman–Crippen MR) is 77.6 cm³/mol. The lowest BCUT2D eigenvalue weighted by Crippen LogP contribution is -2.36. The smallest absolute Gasteiger partial charge is 0.319 e. The Kier molecular flexibility index (Phi) is 7.40. The van der Waals surface area contributed by atoms with Gasteiger partial charge in [-0.3, -0.25) is 14.4 Å². The summed E-state index contributed by atoms with van der Waals surface area (Å²) in [6.45, 7) is 2.21. The van der Waals surface area contributed by atoms with E-state index in [2.05, 4.69) is 0 Å². The van der Waals surface area contributed by atoms with Gasteiger partial charge in [-0.1, -0.05) is 19.3 Å². The molecule has 0 aromatic carbocycles. The van der Waals surface area contributed by atoms with Gasteiger partial charge in [-0.2, -0.15) is 0 Å². The zero-order valence-corrected chi connectivity index (χ0v) is 13.1. The third-order valence-corrected chi connectivity index (χ3v) is 4.16. The molecule has 1 unspecified atom stereocenters. The summed E-state index contributed by atoms with van der Waals surface area (Å²) in [5, 5.41) is 0. The average molecular weight is 298 g/mol. The van der Waals surface area contributed by atoms with E-state index in [0.717, 1.165) is 32.1 Å². The average Bonchev–Trinajstić information content (AvgIpc) is 2.84. The Hall–Kier alpha value is -1.39. The van der Waals surface area contributed by atoms with Crippen LogP contribution in [0.5, 0.6) is 0 Å². The van der Waals surface area contributed by atoms with Crippen LogP contribution in [0.1, 0.15) is 64.7 Å². The molecule has 0 radical (unpaired) electrons. The number of ketones is 1. The molecule has 0 bridgehead atoms. The molecule has 120 valence electrons. The van der Waals surface area contributed by atoms with E-state index in [0.29, 0.717) is 32.3 Å². The number of hydrogen-bond acceptors (Lipinski definition) is 5. The Morgan fingerprint density at radius 3 is 2.48 bits per heavy atom. The van der Waals surface area contributed by atoms with Gasteiger partial charge >= 0.3 is 11.9 Å². The molecule has 1 aliphatic rings. The first-order chi connectivity index (χ1) is 10.1. The van der Waals surface area contributed by atoms with Gasteiger partial charge in [0.15, 0.2) is 0 Å². The zero-order chi connectivity index (χ0) is 15.7. The van der Waals surface area contributed by atoms with Crippen molar-refractivity contribution in [2.45, 2.75) is 64.7 Å². The van der Waals surface area contributed by atoms with Crippen molar-refractivity contribution < 1.29 is 23.9 Å². The Balaban J connectivity index is 2.28.